The van der Waals surface area contributed by atoms with Crippen LogP contribution in [0.3, 0.4) is 0 Å². The molecule has 34 heavy (non-hydrogen) atoms. The monoisotopic (exact) mass is 494 g/mol. The zero-order chi connectivity index (χ0) is 26.2. The van der Waals surface area contributed by atoms with Gasteiger partial charge in [0.25, 0.3) is 0 Å². The minimum Gasteiger partial charge on any atom is -0.467 e. The standard InChI is InChI=1S/C19H38O3.C6H12O6/c1-3-4-5-6-7-8-9-10-11-12-13-14-15-16-17-18(20)19(21)22-2;7-1-3(9)5(11)6(12)4(10)2-8/h18,20H,3-17H2,1-2H3;1,3-6,8-12H,2H2/t;3-,4+,5+,6+/m.0/s1. The van der Waals surface area contributed by atoms with E-state index in [-0.39, 0.29) is 6.29 Å². The number of carbonyl (C=O) groups is 2. The van der Waals surface area contributed by atoms with E-state index in [0.717, 1.165) is 12.8 Å². The summed E-state index contributed by atoms with van der Waals surface area (Å²) in [4.78, 5) is 20.9. The molecule has 1 unspecified atom stereocenters. The lowest BCUT2D eigenvalue weighted by Gasteiger charge is -2.22. The minimum absolute atomic E-state index is 0.0258. The maximum atomic E-state index is 11.0. The van der Waals surface area contributed by atoms with Crippen molar-refractivity contribution >= 4 is 12.3 Å². The van der Waals surface area contributed by atoms with Gasteiger partial charge in [-0.05, 0) is 6.42 Å². The maximum absolute atomic E-state index is 11.0. The van der Waals surface area contributed by atoms with Gasteiger partial charge in [0.2, 0.25) is 0 Å². The van der Waals surface area contributed by atoms with Gasteiger partial charge in [-0.1, -0.05) is 96.8 Å². The van der Waals surface area contributed by atoms with E-state index >= 15 is 0 Å². The fourth-order valence-corrected chi connectivity index (χ4v) is 3.40. The van der Waals surface area contributed by atoms with Gasteiger partial charge < -0.3 is 40.2 Å². The summed E-state index contributed by atoms with van der Waals surface area (Å²) >= 11 is 0. The summed E-state index contributed by atoms with van der Waals surface area (Å²) in [6, 6.07) is 0. The van der Waals surface area contributed by atoms with Crippen LogP contribution in [0.15, 0.2) is 0 Å². The molecule has 6 N–H and O–H groups in total. The van der Waals surface area contributed by atoms with Crippen LogP contribution in [0.1, 0.15) is 103 Å². The molecular formula is C25H50O9. The van der Waals surface area contributed by atoms with Gasteiger partial charge in [-0.2, -0.15) is 0 Å². The van der Waals surface area contributed by atoms with E-state index in [1.807, 2.05) is 0 Å². The molecule has 204 valence electrons. The number of hydrogen-bond acceptors (Lipinski definition) is 9. The Morgan fingerprint density at radius 3 is 1.50 bits per heavy atom. The van der Waals surface area contributed by atoms with E-state index in [4.69, 9.17) is 25.5 Å². The van der Waals surface area contributed by atoms with Gasteiger partial charge >= 0.3 is 5.97 Å². The first kappa shape index (κ1) is 35.1. The molecule has 9 heteroatoms. The Kier molecular flexibility index (Phi) is 25.8. The van der Waals surface area contributed by atoms with Crippen LogP contribution in [0.4, 0.5) is 0 Å². The number of aldehydes is 1. The van der Waals surface area contributed by atoms with Gasteiger partial charge in [-0.25, -0.2) is 4.79 Å². The molecule has 0 aromatic heterocycles. The smallest absolute Gasteiger partial charge is 0.334 e. The number of methoxy groups -OCH3 is 1. The van der Waals surface area contributed by atoms with Crippen LogP contribution >= 0.6 is 0 Å². The van der Waals surface area contributed by atoms with Crippen LogP contribution in [0.25, 0.3) is 0 Å². The molecule has 5 atom stereocenters. The fraction of sp³-hybridized carbons (Fsp3) is 0.920. The highest BCUT2D eigenvalue weighted by Gasteiger charge is 2.29. The average Bonchev–Trinajstić information content (AvgIpc) is 2.86. The summed E-state index contributed by atoms with van der Waals surface area (Å²) in [5.41, 5.74) is 0. The Morgan fingerprint density at radius 1 is 0.735 bits per heavy atom. The van der Waals surface area contributed by atoms with Gasteiger partial charge in [0.1, 0.15) is 24.4 Å². The summed E-state index contributed by atoms with van der Waals surface area (Å²) in [5.74, 6) is -0.505. The molecule has 0 fully saturated rings. The molecule has 0 aliphatic heterocycles. The van der Waals surface area contributed by atoms with E-state index in [1.54, 1.807) is 0 Å². The highest BCUT2D eigenvalue weighted by Crippen LogP contribution is 2.14. The van der Waals surface area contributed by atoms with Crippen molar-refractivity contribution in [2.75, 3.05) is 13.7 Å². The Hall–Kier alpha value is -1.10. The van der Waals surface area contributed by atoms with E-state index in [2.05, 4.69) is 11.7 Å². The predicted octanol–water partition coefficient (Wildman–Crippen LogP) is 2.01. The first-order chi connectivity index (χ1) is 16.3. The van der Waals surface area contributed by atoms with Gasteiger partial charge in [-0.15, -0.1) is 0 Å². The number of ether oxygens (including phenoxy) is 1. The van der Waals surface area contributed by atoms with E-state index < -0.39 is 43.1 Å². The number of aliphatic hydroxyl groups excluding tert-OH is 6. The summed E-state index contributed by atoms with van der Waals surface area (Å²) < 4.78 is 4.49. The molecule has 0 rings (SSSR count). The quantitative estimate of drug-likeness (QED) is 0.0795. The molecule has 0 spiro atoms. The molecule has 0 radical (unpaired) electrons. The topological polar surface area (TPSA) is 165 Å². The Morgan fingerprint density at radius 2 is 1.15 bits per heavy atom. The van der Waals surface area contributed by atoms with Crippen molar-refractivity contribution in [1.29, 1.82) is 0 Å². The van der Waals surface area contributed by atoms with Gasteiger partial charge in [0, 0.05) is 0 Å². The molecule has 0 saturated carbocycles. The van der Waals surface area contributed by atoms with E-state index in [1.165, 1.54) is 84.2 Å². The van der Waals surface area contributed by atoms with Crippen molar-refractivity contribution < 1.29 is 45.0 Å². The number of esters is 1. The average molecular weight is 495 g/mol. The Balaban J connectivity index is 0. The molecule has 0 bridgehead atoms. The first-order valence-electron chi connectivity index (χ1n) is 12.8. The Bertz CT molecular complexity index is 462. The van der Waals surface area contributed by atoms with Crippen LogP contribution < -0.4 is 0 Å². The van der Waals surface area contributed by atoms with Crippen LogP contribution in [0.2, 0.25) is 0 Å². The van der Waals surface area contributed by atoms with E-state index in [9.17, 15) is 14.7 Å². The van der Waals surface area contributed by atoms with Crippen molar-refractivity contribution in [3.8, 4) is 0 Å². The van der Waals surface area contributed by atoms with Gasteiger partial charge in [-0.3, -0.25) is 0 Å². The molecule has 0 heterocycles. The van der Waals surface area contributed by atoms with Crippen molar-refractivity contribution in [1.82, 2.24) is 0 Å². The van der Waals surface area contributed by atoms with Gasteiger partial charge in [0.05, 0.1) is 13.7 Å². The summed E-state index contributed by atoms with van der Waals surface area (Å²) in [7, 11) is 1.32. The van der Waals surface area contributed by atoms with Crippen molar-refractivity contribution in [3.05, 3.63) is 0 Å². The Labute approximate surface area is 205 Å². The van der Waals surface area contributed by atoms with Gasteiger partial charge in [0.15, 0.2) is 12.4 Å². The van der Waals surface area contributed by atoms with E-state index in [0.29, 0.717) is 6.42 Å². The van der Waals surface area contributed by atoms with Crippen LogP contribution in [-0.4, -0.2) is 87.1 Å². The van der Waals surface area contributed by atoms with Crippen LogP contribution in [0.5, 0.6) is 0 Å². The minimum atomic E-state index is -1.79. The summed E-state index contributed by atoms with van der Waals surface area (Å²) in [6.45, 7) is 1.51. The summed E-state index contributed by atoms with van der Waals surface area (Å²) in [5, 5.41) is 53.0. The number of carbonyl (C=O) groups excluding carboxylic acids is 2. The molecular weight excluding hydrogens is 444 g/mol. The molecule has 0 aliphatic carbocycles. The third-order valence-electron chi connectivity index (χ3n) is 5.72. The predicted molar refractivity (Wildman–Crippen MR) is 130 cm³/mol. The highest BCUT2D eigenvalue weighted by atomic mass is 16.5. The maximum Gasteiger partial charge on any atom is 0.334 e. The highest BCUT2D eigenvalue weighted by molar-refractivity contribution is 5.74. The van der Waals surface area contributed by atoms with Crippen molar-refractivity contribution in [2.24, 2.45) is 0 Å². The zero-order valence-electron chi connectivity index (χ0n) is 21.2. The lowest BCUT2D eigenvalue weighted by atomic mass is 10.0. The largest absolute Gasteiger partial charge is 0.467 e. The first-order valence-corrected chi connectivity index (χ1v) is 12.8. The molecule has 9 nitrogen and oxygen atoms in total. The number of aliphatic hydroxyl groups is 6. The lowest BCUT2D eigenvalue weighted by Crippen LogP contribution is -2.46. The summed E-state index contributed by atoms with van der Waals surface area (Å²) in [6.07, 6.45) is 11.2. The molecule has 0 aromatic carbocycles. The molecule has 0 aliphatic rings. The third-order valence-corrected chi connectivity index (χ3v) is 5.72. The third kappa shape index (κ3) is 20.3. The fourth-order valence-electron chi connectivity index (χ4n) is 3.40. The molecule has 0 aromatic rings. The zero-order valence-corrected chi connectivity index (χ0v) is 21.2. The van der Waals surface area contributed by atoms with Crippen LogP contribution in [0, 0.1) is 0 Å². The normalized spacial score (nSPS) is 15.4. The second-order valence-electron chi connectivity index (χ2n) is 8.78. The van der Waals surface area contributed by atoms with Crippen molar-refractivity contribution in [2.45, 2.75) is 134 Å². The SMILES string of the molecule is CCCCCCCCCCCCCCCCC(O)C(=O)OC.O=C[C@H](O)[C@@H](O)[C@H](O)[C@H](O)CO. The second-order valence-corrected chi connectivity index (χ2v) is 8.78. The van der Waals surface area contributed by atoms with Crippen LogP contribution in [-0.2, 0) is 14.3 Å². The number of hydrogen-bond donors (Lipinski definition) is 6. The van der Waals surface area contributed by atoms with Crippen molar-refractivity contribution in [3.63, 3.8) is 0 Å². The molecule has 0 saturated heterocycles. The number of unbranched alkanes of at least 4 members (excludes halogenated alkanes) is 13. The second kappa shape index (κ2) is 25.0. The lowest BCUT2D eigenvalue weighted by molar-refractivity contribution is -0.150. The molecule has 0 amide bonds. The number of rotatable bonds is 21.